The highest BCUT2D eigenvalue weighted by atomic mass is 28.3. The first kappa shape index (κ1) is 18.6. The molecule has 0 heterocycles. The van der Waals surface area contributed by atoms with Gasteiger partial charge in [0.1, 0.15) is 14.7 Å². The van der Waals surface area contributed by atoms with Crippen LogP contribution in [0.15, 0.2) is 36.5 Å². The van der Waals surface area contributed by atoms with E-state index in [1.165, 1.54) is 11.8 Å². The van der Waals surface area contributed by atoms with E-state index < -0.39 is 14.0 Å². The normalized spacial score (nSPS) is 12.0. The van der Waals surface area contributed by atoms with Crippen LogP contribution in [0.2, 0.25) is 13.1 Å². The summed E-state index contributed by atoms with van der Waals surface area (Å²) in [7, 11) is 0.0134. The Hall–Kier alpha value is -1.43. The third-order valence-electron chi connectivity index (χ3n) is 3.69. The van der Waals surface area contributed by atoms with Crippen molar-refractivity contribution in [2.75, 3.05) is 7.11 Å². The predicted molar refractivity (Wildman–Crippen MR) is 90.3 cm³/mol. The molecular formula is C17H25O4Si. The van der Waals surface area contributed by atoms with Crippen molar-refractivity contribution >= 4 is 19.2 Å². The van der Waals surface area contributed by atoms with Gasteiger partial charge in [0, 0.05) is 13.5 Å². The molecule has 0 aliphatic rings. The molecule has 1 aromatic rings. The second kappa shape index (κ2) is 7.72. The fraction of sp³-hybridized carbons (Fsp3) is 0.412. The number of ether oxygens (including phenoxy) is 1. The molecule has 0 aliphatic heterocycles. The zero-order valence-electron chi connectivity index (χ0n) is 14.0. The van der Waals surface area contributed by atoms with Crippen LogP contribution >= 0.6 is 0 Å². The first-order valence-electron chi connectivity index (χ1n) is 7.20. The van der Waals surface area contributed by atoms with Gasteiger partial charge in [-0.1, -0.05) is 36.1 Å². The third kappa shape index (κ3) is 5.40. The van der Waals surface area contributed by atoms with E-state index in [1.54, 1.807) is 19.2 Å². The minimum atomic E-state index is -1.61. The lowest BCUT2D eigenvalue weighted by Gasteiger charge is -2.21. The SMILES string of the molecule is C=C[Si](C)(C)c1ccc(C(=O)OO[CH]CC(C)(C)OC)cc1. The number of rotatable bonds is 8. The molecule has 0 saturated carbocycles. The smallest absolute Gasteiger partial charge is 0.373 e. The van der Waals surface area contributed by atoms with Crippen LogP contribution in [0.4, 0.5) is 0 Å². The summed E-state index contributed by atoms with van der Waals surface area (Å²) in [4.78, 5) is 21.5. The molecule has 0 amide bonds. The Bertz CT molecular complexity index is 506. The van der Waals surface area contributed by atoms with Crippen LogP contribution in [0.5, 0.6) is 0 Å². The van der Waals surface area contributed by atoms with E-state index >= 15 is 0 Å². The largest absolute Gasteiger partial charge is 0.379 e. The number of benzene rings is 1. The number of carbonyl (C=O) groups excluding carboxylic acids is 1. The molecule has 1 rings (SSSR count). The van der Waals surface area contributed by atoms with Gasteiger partial charge in [0.25, 0.3) is 0 Å². The zero-order valence-corrected chi connectivity index (χ0v) is 15.0. The summed E-state index contributed by atoms with van der Waals surface area (Å²) in [6.07, 6.45) is 0.509. The van der Waals surface area contributed by atoms with Gasteiger partial charge in [-0.2, -0.15) is 4.89 Å². The van der Waals surface area contributed by atoms with Crippen molar-refractivity contribution in [3.63, 3.8) is 0 Å². The molecule has 0 bridgehead atoms. The number of hydrogen-bond donors (Lipinski definition) is 0. The van der Waals surface area contributed by atoms with Crippen molar-refractivity contribution in [2.24, 2.45) is 0 Å². The van der Waals surface area contributed by atoms with Gasteiger partial charge in [0.05, 0.1) is 11.2 Å². The highest BCUT2D eigenvalue weighted by Gasteiger charge is 2.20. The quantitative estimate of drug-likeness (QED) is 0.319. The molecule has 0 saturated heterocycles. The minimum absolute atomic E-state index is 0.352. The first-order chi connectivity index (χ1) is 10.2. The molecule has 22 heavy (non-hydrogen) atoms. The van der Waals surface area contributed by atoms with E-state index in [1.807, 2.05) is 31.7 Å². The maximum absolute atomic E-state index is 11.9. The van der Waals surface area contributed by atoms with Crippen molar-refractivity contribution in [3.8, 4) is 0 Å². The van der Waals surface area contributed by atoms with Gasteiger partial charge in [0.2, 0.25) is 0 Å². The highest BCUT2D eigenvalue weighted by molar-refractivity contribution is 6.93. The minimum Gasteiger partial charge on any atom is -0.379 e. The maximum Gasteiger partial charge on any atom is 0.373 e. The molecule has 0 fully saturated rings. The van der Waals surface area contributed by atoms with Crippen LogP contribution in [0.1, 0.15) is 30.6 Å². The van der Waals surface area contributed by atoms with E-state index in [-0.39, 0.29) is 5.60 Å². The summed E-state index contributed by atoms with van der Waals surface area (Å²) in [6, 6.07) is 7.39. The average Bonchev–Trinajstić information content (AvgIpc) is 2.51. The molecule has 0 aliphatic carbocycles. The van der Waals surface area contributed by atoms with Crippen molar-refractivity contribution in [3.05, 3.63) is 48.7 Å². The van der Waals surface area contributed by atoms with E-state index in [4.69, 9.17) is 14.5 Å². The monoisotopic (exact) mass is 321 g/mol. The van der Waals surface area contributed by atoms with E-state index in [0.717, 1.165) is 0 Å². The summed E-state index contributed by atoms with van der Waals surface area (Å²) in [5, 5.41) is 1.22. The van der Waals surface area contributed by atoms with Crippen LogP contribution in [0.3, 0.4) is 0 Å². The molecule has 5 heteroatoms. The Morgan fingerprint density at radius 3 is 2.36 bits per heavy atom. The van der Waals surface area contributed by atoms with E-state index in [2.05, 4.69) is 19.7 Å². The molecular weight excluding hydrogens is 296 g/mol. The zero-order chi connectivity index (χ0) is 16.8. The van der Waals surface area contributed by atoms with Gasteiger partial charge >= 0.3 is 5.97 Å². The standard InChI is InChI=1S/C17H25O4Si/c1-7-22(5,6)15-10-8-14(9-11-15)16(18)21-20-13-12-17(2,3)19-4/h7-11,13H,1,12H2,2-6H3. The van der Waals surface area contributed by atoms with Crippen LogP contribution in [0.25, 0.3) is 0 Å². The fourth-order valence-corrected chi connectivity index (χ4v) is 2.86. The maximum atomic E-state index is 11.9. The molecule has 4 nitrogen and oxygen atoms in total. The van der Waals surface area contributed by atoms with Crippen molar-refractivity contribution in [2.45, 2.75) is 39.0 Å². The molecule has 0 N–H and O–H groups in total. The second-order valence-corrected chi connectivity index (χ2v) is 10.7. The Labute approximate surface area is 134 Å². The Kier molecular flexibility index (Phi) is 6.53. The van der Waals surface area contributed by atoms with E-state index in [9.17, 15) is 4.79 Å². The Morgan fingerprint density at radius 1 is 1.27 bits per heavy atom. The van der Waals surface area contributed by atoms with Crippen LogP contribution in [-0.4, -0.2) is 26.8 Å². The van der Waals surface area contributed by atoms with Crippen molar-refractivity contribution < 1.29 is 19.3 Å². The lowest BCUT2D eigenvalue weighted by Crippen LogP contribution is -2.39. The first-order valence-corrected chi connectivity index (χ1v) is 10.3. The number of carbonyl (C=O) groups is 1. The average molecular weight is 321 g/mol. The second-order valence-electron chi connectivity index (χ2n) is 6.30. The van der Waals surface area contributed by atoms with Crippen LogP contribution in [0, 0.1) is 6.61 Å². The van der Waals surface area contributed by atoms with Gasteiger partial charge in [0.15, 0.2) is 0 Å². The molecule has 0 unspecified atom stereocenters. The molecule has 1 radical (unpaired) electrons. The van der Waals surface area contributed by atoms with Crippen LogP contribution in [-0.2, 0) is 14.5 Å². The summed E-state index contributed by atoms with van der Waals surface area (Å²) in [5.41, 5.74) is 2.11. The van der Waals surface area contributed by atoms with Gasteiger partial charge in [-0.25, -0.2) is 4.79 Å². The highest BCUT2D eigenvalue weighted by Crippen LogP contribution is 2.15. The topological polar surface area (TPSA) is 44.8 Å². The van der Waals surface area contributed by atoms with Gasteiger partial charge in [-0.3, -0.25) is 4.89 Å². The number of hydrogen-bond acceptors (Lipinski definition) is 4. The van der Waals surface area contributed by atoms with Crippen LogP contribution < -0.4 is 5.19 Å². The fourth-order valence-electron chi connectivity index (χ4n) is 1.60. The summed E-state index contributed by atoms with van der Waals surface area (Å²) in [5.74, 6) is -0.518. The Morgan fingerprint density at radius 2 is 1.86 bits per heavy atom. The third-order valence-corrected chi connectivity index (χ3v) is 6.54. The van der Waals surface area contributed by atoms with Gasteiger partial charge < -0.3 is 4.74 Å². The predicted octanol–water partition coefficient (Wildman–Crippen LogP) is 3.39. The lowest BCUT2D eigenvalue weighted by molar-refractivity contribution is -0.218. The summed E-state index contributed by atoms with van der Waals surface area (Å²) >= 11 is 0. The van der Waals surface area contributed by atoms with Crippen molar-refractivity contribution in [1.82, 2.24) is 0 Å². The Balaban J connectivity index is 2.52. The molecule has 0 atom stereocenters. The molecule has 121 valence electrons. The van der Waals surface area contributed by atoms with Gasteiger partial charge in [-0.15, -0.1) is 6.58 Å². The summed E-state index contributed by atoms with van der Waals surface area (Å²) < 4.78 is 5.23. The molecule has 0 aromatic heterocycles. The summed E-state index contributed by atoms with van der Waals surface area (Å²) in [6.45, 7) is 13.5. The number of methoxy groups -OCH3 is 1. The molecule has 0 spiro atoms. The van der Waals surface area contributed by atoms with E-state index in [0.29, 0.717) is 12.0 Å². The lowest BCUT2D eigenvalue weighted by atomic mass is 10.1. The van der Waals surface area contributed by atoms with Crippen molar-refractivity contribution in [1.29, 1.82) is 0 Å². The van der Waals surface area contributed by atoms with Gasteiger partial charge in [-0.05, 0) is 26.0 Å². The molecule has 1 aromatic carbocycles.